The first-order chi connectivity index (χ1) is 10.2. The van der Waals surface area contributed by atoms with Crippen LogP contribution in [0.1, 0.15) is 28.1 Å². The van der Waals surface area contributed by atoms with Gasteiger partial charge in [-0.2, -0.15) is 0 Å². The number of carbonyl (C=O) groups is 1. The highest BCUT2D eigenvalue weighted by Crippen LogP contribution is 2.34. The number of amides is 1. The van der Waals surface area contributed by atoms with Crippen LogP contribution in [-0.4, -0.2) is 42.0 Å². The van der Waals surface area contributed by atoms with Gasteiger partial charge in [-0.05, 0) is 44.5 Å². The number of nitrogens with zero attached hydrogens (tertiary/aromatic N) is 2. The molecule has 0 unspecified atom stereocenters. The number of hydrogen-bond donors (Lipinski definition) is 2. The molecule has 1 aliphatic heterocycles. The van der Waals surface area contributed by atoms with Gasteiger partial charge in [0.1, 0.15) is 9.71 Å². The standard InChI is InChI=1S/C15H20N4OS/c1-10-4-5-18-15-11(10)12(16)13(21-15)14(20)17-6-9-19-7-2-3-8-19/h4-5H,2-3,6-9,16H2,1H3,(H,17,20). The molecule has 3 N–H and O–H groups in total. The molecule has 1 amide bonds. The van der Waals surface area contributed by atoms with E-state index in [-0.39, 0.29) is 5.91 Å². The molecule has 2 aromatic rings. The predicted octanol–water partition coefficient (Wildman–Crippen LogP) is 2.01. The number of nitrogen functional groups attached to an aromatic ring is 1. The van der Waals surface area contributed by atoms with E-state index < -0.39 is 0 Å². The van der Waals surface area contributed by atoms with Gasteiger partial charge >= 0.3 is 0 Å². The van der Waals surface area contributed by atoms with Crippen molar-refractivity contribution in [1.82, 2.24) is 15.2 Å². The van der Waals surface area contributed by atoms with Crippen molar-refractivity contribution in [2.75, 3.05) is 31.9 Å². The first-order valence-electron chi connectivity index (χ1n) is 7.31. The summed E-state index contributed by atoms with van der Waals surface area (Å²) in [5, 5.41) is 3.88. The number of carbonyl (C=O) groups excluding carboxylic acids is 1. The highest BCUT2D eigenvalue weighted by molar-refractivity contribution is 7.21. The molecule has 1 aliphatic rings. The fraction of sp³-hybridized carbons (Fsp3) is 0.467. The minimum absolute atomic E-state index is 0.0888. The largest absolute Gasteiger partial charge is 0.397 e. The second kappa shape index (κ2) is 5.99. The minimum atomic E-state index is -0.0888. The molecule has 1 saturated heterocycles. The summed E-state index contributed by atoms with van der Waals surface area (Å²) in [6.07, 6.45) is 4.28. The van der Waals surface area contributed by atoms with Crippen molar-refractivity contribution in [3.63, 3.8) is 0 Å². The molecule has 0 atom stereocenters. The Bertz CT molecular complexity index is 661. The van der Waals surface area contributed by atoms with Gasteiger partial charge in [0.25, 0.3) is 5.91 Å². The van der Waals surface area contributed by atoms with Crippen LogP contribution in [0.3, 0.4) is 0 Å². The molecule has 3 heterocycles. The maximum atomic E-state index is 12.3. The van der Waals surface area contributed by atoms with Crippen LogP contribution in [0.25, 0.3) is 10.2 Å². The van der Waals surface area contributed by atoms with Gasteiger partial charge in [-0.1, -0.05) is 0 Å². The van der Waals surface area contributed by atoms with Gasteiger partial charge in [0.2, 0.25) is 0 Å². The molecular weight excluding hydrogens is 284 g/mol. The van der Waals surface area contributed by atoms with Crippen LogP contribution in [0.5, 0.6) is 0 Å². The molecule has 6 heteroatoms. The summed E-state index contributed by atoms with van der Waals surface area (Å²) in [4.78, 5) is 20.4. The number of pyridine rings is 1. The Kier molecular flexibility index (Phi) is 4.07. The van der Waals surface area contributed by atoms with E-state index in [0.29, 0.717) is 17.1 Å². The monoisotopic (exact) mass is 304 g/mol. The van der Waals surface area contributed by atoms with Crippen LogP contribution < -0.4 is 11.1 Å². The molecule has 0 bridgehead atoms. The van der Waals surface area contributed by atoms with Crippen molar-refractivity contribution in [2.24, 2.45) is 0 Å². The molecule has 112 valence electrons. The van der Waals surface area contributed by atoms with Gasteiger partial charge in [-0.15, -0.1) is 11.3 Å². The molecule has 2 aromatic heterocycles. The van der Waals surface area contributed by atoms with Gasteiger partial charge in [0.15, 0.2) is 0 Å². The summed E-state index contributed by atoms with van der Waals surface area (Å²) in [5.74, 6) is -0.0888. The summed E-state index contributed by atoms with van der Waals surface area (Å²) in [5.41, 5.74) is 7.75. The first-order valence-corrected chi connectivity index (χ1v) is 8.12. The zero-order valence-corrected chi connectivity index (χ0v) is 13.0. The van der Waals surface area contributed by atoms with Crippen LogP contribution in [-0.2, 0) is 0 Å². The van der Waals surface area contributed by atoms with E-state index in [4.69, 9.17) is 5.73 Å². The lowest BCUT2D eigenvalue weighted by Crippen LogP contribution is -2.33. The normalized spacial score (nSPS) is 15.7. The summed E-state index contributed by atoms with van der Waals surface area (Å²) in [6.45, 7) is 5.85. The number of anilines is 1. The van der Waals surface area contributed by atoms with Gasteiger partial charge in [0, 0.05) is 24.7 Å². The molecule has 0 aliphatic carbocycles. The molecule has 1 fully saturated rings. The van der Waals surface area contributed by atoms with Gasteiger partial charge < -0.3 is 16.0 Å². The highest BCUT2D eigenvalue weighted by atomic mass is 32.1. The minimum Gasteiger partial charge on any atom is -0.397 e. The Morgan fingerprint density at radius 1 is 1.48 bits per heavy atom. The number of aryl methyl sites for hydroxylation is 1. The number of likely N-dealkylation sites (tertiary alicyclic amines) is 1. The van der Waals surface area contributed by atoms with E-state index in [9.17, 15) is 4.79 Å². The molecule has 0 radical (unpaired) electrons. The van der Waals surface area contributed by atoms with Crippen molar-refractivity contribution >= 4 is 33.1 Å². The second-order valence-electron chi connectivity index (χ2n) is 5.46. The molecule has 0 aromatic carbocycles. The lowest BCUT2D eigenvalue weighted by atomic mass is 10.2. The third-order valence-electron chi connectivity index (χ3n) is 3.96. The smallest absolute Gasteiger partial charge is 0.263 e. The van der Waals surface area contributed by atoms with E-state index in [0.717, 1.165) is 35.4 Å². The van der Waals surface area contributed by atoms with Crippen LogP contribution in [0.2, 0.25) is 0 Å². The lowest BCUT2D eigenvalue weighted by Gasteiger charge is -2.14. The van der Waals surface area contributed by atoms with Crippen molar-refractivity contribution in [3.8, 4) is 0 Å². The van der Waals surface area contributed by atoms with E-state index >= 15 is 0 Å². The Balaban J connectivity index is 1.69. The number of hydrogen-bond acceptors (Lipinski definition) is 5. The Morgan fingerprint density at radius 2 is 2.24 bits per heavy atom. The predicted molar refractivity (Wildman–Crippen MR) is 86.8 cm³/mol. The lowest BCUT2D eigenvalue weighted by molar-refractivity contribution is 0.0954. The Labute approximate surface area is 128 Å². The van der Waals surface area contributed by atoms with Crippen molar-refractivity contribution in [1.29, 1.82) is 0 Å². The van der Waals surface area contributed by atoms with Crippen LogP contribution in [0.15, 0.2) is 12.3 Å². The molecule has 0 saturated carbocycles. The van der Waals surface area contributed by atoms with Crippen molar-refractivity contribution in [2.45, 2.75) is 19.8 Å². The van der Waals surface area contributed by atoms with E-state index in [1.807, 2.05) is 13.0 Å². The molecule has 21 heavy (non-hydrogen) atoms. The van der Waals surface area contributed by atoms with Gasteiger partial charge in [-0.25, -0.2) is 4.98 Å². The molecule has 0 spiro atoms. The zero-order chi connectivity index (χ0) is 14.8. The summed E-state index contributed by atoms with van der Waals surface area (Å²) in [6, 6.07) is 1.92. The van der Waals surface area contributed by atoms with Crippen LogP contribution in [0.4, 0.5) is 5.69 Å². The average Bonchev–Trinajstić information content (AvgIpc) is 3.08. The number of aromatic nitrogens is 1. The number of fused-ring (bicyclic) bond motifs is 1. The number of thiophene rings is 1. The first kappa shape index (κ1) is 14.3. The average molecular weight is 304 g/mol. The zero-order valence-electron chi connectivity index (χ0n) is 12.2. The van der Waals surface area contributed by atoms with E-state index in [1.165, 1.54) is 24.2 Å². The summed E-state index contributed by atoms with van der Waals surface area (Å²) >= 11 is 1.37. The molecule has 5 nitrogen and oxygen atoms in total. The topological polar surface area (TPSA) is 71.2 Å². The Morgan fingerprint density at radius 3 is 2.95 bits per heavy atom. The maximum absolute atomic E-state index is 12.3. The Hall–Kier alpha value is -1.66. The van der Waals surface area contributed by atoms with Gasteiger partial charge in [-0.3, -0.25) is 4.79 Å². The van der Waals surface area contributed by atoms with E-state index in [2.05, 4.69) is 15.2 Å². The maximum Gasteiger partial charge on any atom is 0.263 e. The van der Waals surface area contributed by atoms with E-state index in [1.54, 1.807) is 6.20 Å². The van der Waals surface area contributed by atoms with Gasteiger partial charge in [0.05, 0.1) is 5.69 Å². The highest BCUT2D eigenvalue weighted by Gasteiger charge is 2.18. The number of rotatable bonds is 4. The van der Waals surface area contributed by atoms with Crippen molar-refractivity contribution in [3.05, 3.63) is 22.7 Å². The second-order valence-corrected chi connectivity index (χ2v) is 6.46. The quantitative estimate of drug-likeness (QED) is 0.906. The number of nitrogens with two attached hydrogens (primary N) is 1. The SMILES string of the molecule is Cc1ccnc2sc(C(=O)NCCN3CCCC3)c(N)c12. The third-order valence-corrected chi connectivity index (χ3v) is 5.07. The fourth-order valence-electron chi connectivity index (χ4n) is 2.79. The van der Waals surface area contributed by atoms with Crippen LogP contribution >= 0.6 is 11.3 Å². The van der Waals surface area contributed by atoms with Crippen LogP contribution in [0, 0.1) is 6.92 Å². The van der Waals surface area contributed by atoms with Crippen molar-refractivity contribution < 1.29 is 4.79 Å². The molecular formula is C15H20N4OS. The summed E-state index contributed by atoms with van der Waals surface area (Å²) in [7, 11) is 0. The summed E-state index contributed by atoms with van der Waals surface area (Å²) < 4.78 is 0. The fourth-order valence-corrected chi connectivity index (χ4v) is 3.84. The molecule has 3 rings (SSSR count). The number of nitrogens with one attached hydrogen (secondary N) is 1. The third kappa shape index (κ3) is 2.87.